The molecule has 0 unspecified atom stereocenters. The van der Waals surface area contributed by atoms with Gasteiger partial charge < -0.3 is 15.0 Å². The molecule has 5 heteroatoms. The van der Waals surface area contributed by atoms with E-state index in [4.69, 9.17) is 4.74 Å². The summed E-state index contributed by atoms with van der Waals surface area (Å²) in [4.78, 5) is 11.1. The molecule has 0 spiro atoms. The third-order valence-corrected chi connectivity index (χ3v) is 5.40. The zero-order valence-electron chi connectivity index (χ0n) is 12.5. The fourth-order valence-electron chi connectivity index (χ4n) is 4.32. The van der Waals surface area contributed by atoms with Gasteiger partial charge in [-0.15, -0.1) is 0 Å². The maximum atomic E-state index is 5.41. The molecule has 2 saturated carbocycles. The molecule has 1 aliphatic heterocycles. The molecule has 0 aromatic carbocycles. The Morgan fingerprint density at radius 2 is 2.00 bits per heavy atom. The first-order valence-electron chi connectivity index (χ1n) is 8.31. The van der Waals surface area contributed by atoms with Crippen molar-refractivity contribution in [3.63, 3.8) is 0 Å². The van der Waals surface area contributed by atoms with Crippen LogP contribution in [0.5, 0.6) is 0 Å². The second-order valence-electron chi connectivity index (χ2n) is 6.54. The highest BCUT2D eigenvalue weighted by Gasteiger charge is 2.39. The fourth-order valence-corrected chi connectivity index (χ4v) is 4.32. The van der Waals surface area contributed by atoms with Crippen LogP contribution in [-0.2, 0) is 4.74 Å². The Kier molecular flexibility index (Phi) is 3.67. The molecular formula is C16H24N4O. The van der Waals surface area contributed by atoms with E-state index in [1.54, 1.807) is 6.33 Å². The predicted octanol–water partition coefficient (Wildman–Crippen LogP) is 2.30. The smallest absolute Gasteiger partial charge is 0.134 e. The van der Waals surface area contributed by atoms with Crippen molar-refractivity contribution < 1.29 is 4.74 Å². The SMILES string of the molecule is c1nc(N[C@H]2CC[C@@H]3CCC[C@@H]32)cc(N2CCOCC2)n1. The molecule has 5 nitrogen and oxygen atoms in total. The number of fused-ring (bicyclic) bond motifs is 1. The highest BCUT2D eigenvalue weighted by Crippen LogP contribution is 2.44. The molecule has 4 rings (SSSR count). The average Bonchev–Trinajstić information content (AvgIpc) is 3.14. The average molecular weight is 288 g/mol. The van der Waals surface area contributed by atoms with E-state index in [0.29, 0.717) is 6.04 Å². The molecule has 0 bridgehead atoms. The largest absolute Gasteiger partial charge is 0.378 e. The number of morpholine rings is 1. The predicted molar refractivity (Wildman–Crippen MR) is 82.5 cm³/mol. The van der Waals surface area contributed by atoms with Gasteiger partial charge in [0.25, 0.3) is 0 Å². The lowest BCUT2D eigenvalue weighted by Crippen LogP contribution is -2.36. The molecular weight excluding hydrogens is 264 g/mol. The topological polar surface area (TPSA) is 50.3 Å². The Balaban J connectivity index is 1.45. The van der Waals surface area contributed by atoms with E-state index in [1.165, 1.54) is 32.1 Å². The Bertz CT molecular complexity index is 489. The van der Waals surface area contributed by atoms with Crippen molar-refractivity contribution in [3.05, 3.63) is 12.4 Å². The van der Waals surface area contributed by atoms with Crippen LogP contribution in [0.4, 0.5) is 11.6 Å². The summed E-state index contributed by atoms with van der Waals surface area (Å²) >= 11 is 0. The van der Waals surface area contributed by atoms with Crippen molar-refractivity contribution in [1.82, 2.24) is 9.97 Å². The van der Waals surface area contributed by atoms with Crippen LogP contribution in [-0.4, -0.2) is 42.3 Å². The molecule has 1 saturated heterocycles. The van der Waals surface area contributed by atoms with Gasteiger partial charge in [-0.2, -0.15) is 0 Å². The number of hydrogen-bond donors (Lipinski definition) is 1. The zero-order chi connectivity index (χ0) is 14.1. The van der Waals surface area contributed by atoms with Gasteiger partial charge in [-0.05, 0) is 31.1 Å². The van der Waals surface area contributed by atoms with Gasteiger partial charge >= 0.3 is 0 Å². The van der Waals surface area contributed by atoms with Crippen molar-refractivity contribution in [2.24, 2.45) is 11.8 Å². The summed E-state index contributed by atoms with van der Waals surface area (Å²) in [6.45, 7) is 3.42. The number of rotatable bonds is 3. The summed E-state index contributed by atoms with van der Waals surface area (Å²) in [5, 5.41) is 3.68. The second-order valence-corrected chi connectivity index (χ2v) is 6.54. The molecule has 1 aromatic heterocycles. The van der Waals surface area contributed by atoms with Gasteiger partial charge in [-0.25, -0.2) is 9.97 Å². The van der Waals surface area contributed by atoms with Crippen LogP contribution in [0.3, 0.4) is 0 Å². The molecule has 3 atom stereocenters. The van der Waals surface area contributed by atoms with Gasteiger partial charge in [-0.1, -0.05) is 12.8 Å². The fraction of sp³-hybridized carbons (Fsp3) is 0.750. The molecule has 0 radical (unpaired) electrons. The molecule has 114 valence electrons. The minimum Gasteiger partial charge on any atom is -0.378 e. The maximum absolute atomic E-state index is 5.41. The summed E-state index contributed by atoms with van der Waals surface area (Å²) < 4.78 is 5.41. The lowest BCUT2D eigenvalue weighted by Gasteiger charge is -2.28. The number of nitrogens with zero attached hydrogens (tertiary/aromatic N) is 3. The van der Waals surface area contributed by atoms with Crippen LogP contribution in [0.1, 0.15) is 32.1 Å². The van der Waals surface area contributed by atoms with E-state index in [2.05, 4.69) is 26.3 Å². The lowest BCUT2D eigenvalue weighted by atomic mass is 9.98. The normalized spacial score (nSPS) is 32.2. The molecule has 2 aliphatic carbocycles. The molecule has 21 heavy (non-hydrogen) atoms. The zero-order valence-corrected chi connectivity index (χ0v) is 12.5. The van der Waals surface area contributed by atoms with Crippen LogP contribution in [0.15, 0.2) is 12.4 Å². The van der Waals surface area contributed by atoms with E-state index in [1.807, 2.05) is 0 Å². The minimum atomic E-state index is 0.616. The van der Waals surface area contributed by atoms with Gasteiger partial charge in [0.2, 0.25) is 0 Å². The van der Waals surface area contributed by atoms with Crippen molar-refractivity contribution in [2.75, 3.05) is 36.5 Å². The number of anilines is 2. The number of ether oxygens (including phenoxy) is 1. The van der Waals surface area contributed by atoms with Crippen LogP contribution in [0, 0.1) is 11.8 Å². The molecule has 0 amide bonds. The minimum absolute atomic E-state index is 0.616. The Labute approximate surface area is 126 Å². The standard InChI is InChI=1S/C16H24N4O/c1-2-12-4-5-14(13(12)3-1)19-15-10-16(18-11-17-15)20-6-8-21-9-7-20/h10-14H,1-9H2,(H,17,18,19)/t12-,13-,14-/m0/s1. The Hall–Kier alpha value is -1.36. The number of aromatic nitrogens is 2. The van der Waals surface area contributed by atoms with Crippen LogP contribution in [0.2, 0.25) is 0 Å². The third kappa shape index (κ3) is 2.71. The second kappa shape index (κ2) is 5.79. The lowest BCUT2D eigenvalue weighted by molar-refractivity contribution is 0.122. The third-order valence-electron chi connectivity index (χ3n) is 5.40. The first-order chi connectivity index (χ1) is 10.4. The van der Waals surface area contributed by atoms with E-state index in [-0.39, 0.29) is 0 Å². The van der Waals surface area contributed by atoms with Crippen molar-refractivity contribution in [3.8, 4) is 0 Å². The van der Waals surface area contributed by atoms with Gasteiger partial charge in [0.1, 0.15) is 18.0 Å². The first kappa shape index (κ1) is 13.3. The van der Waals surface area contributed by atoms with E-state index >= 15 is 0 Å². The molecule has 1 N–H and O–H groups in total. The number of nitrogens with one attached hydrogen (secondary N) is 1. The molecule has 3 fully saturated rings. The summed E-state index contributed by atoms with van der Waals surface area (Å²) in [7, 11) is 0. The van der Waals surface area contributed by atoms with Crippen LogP contribution in [0.25, 0.3) is 0 Å². The summed E-state index contributed by atoms with van der Waals surface area (Å²) in [6, 6.07) is 2.72. The number of hydrogen-bond acceptors (Lipinski definition) is 5. The van der Waals surface area contributed by atoms with E-state index in [0.717, 1.165) is 49.8 Å². The van der Waals surface area contributed by atoms with E-state index in [9.17, 15) is 0 Å². The molecule has 3 aliphatic rings. The first-order valence-corrected chi connectivity index (χ1v) is 8.31. The van der Waals surface area contributed by atoms with Crippen LogP contribution < -0.4 is 10.2 Å². The van der Waals surface area contributed by atoms with Crippen molar-refractivity contribution in [2.45, 2.75) is 38.1 Å². The Morgan fingerprint density at radius 3 is 2.90 bits per heavy atom. The maximum Gasteiger partial charge on any atom is 0.134 e. The monoisotopic (exact) mass is 288 g/mol. The van der Waals surface area contributed by atoms with Gasteiger partial charge in [0.15, 0.2) is 0 Å². The summed E-state index contributed by atoms with van der Waals surface area (Å²) in [6.07, 6.45) is 8.62. The Morgan fingerprint density at radius 1 is 1.10 bits per heavy atom. The summed E-state index contributed by atoms with van der Waals surface area (Å²) in [5.74, 6) is 3.84. The quantitative estimate of drug-likeness (QED) is 0.925. The van der Waals surface area contributed by atoms with Crippen molar-refractivity contribution >= 4 is 11.6 Å². The highest BCUT2D eigenvalue weighted by molar-refractivity contribution is 5.49. The van der Waals surface area contributed by atoms with E-state index < -0.39 is 0 Å². The summed E-state index contributed by atoms with van der Waals surface area (Å²) in [5.41, 5.74) is 0. The van der Waals surface area contributed by atoms with Gasteiger partial charge in [-0.3, -0.25) is 0 Å². The van der Waals surface area contributed by atoms with Gasteiger partial charge in [0, 0.05) is 25.2 Å². The van der Waals surface area contributed by atoms with Gasteiger partial charge in [0.05, 0.1) is 13.2 Å². The highest BCUT2D eigenvalue weighted by atomic mass is 16.5. The molecule has 1 aromatic rings. The molecule has 2 heterocycles. The van der Waals surface area contributed by atoms with Crippen LogP contribution >= 0.6 is 0 Å². The van der Waals surface area contributed by atoms with Crippen molar-refractivity contribution in [1.29, 1.82) is 0 Å².